The van der Waals surface area contributed by atoms with Crippen LogP contribution in [-0.4, -0.2) is 45.8 Å². The molecule has 24 heavy (non-hydrogen) atoms. The van der Waals surface area contributed by atoms with Crippen molar-refractivity contribution in [2.24, 2.45) is 7.05 Å². The van der Waals surface area contributed by atoms with Crippen LogP contribution in [0.1, 0.15) is 41.1 Å². The van der Waals surface area contributed by atoms with Crippen LogP contribution in [0.5, 0.6) is 0 Å². The van der Waals surface area contributed by atoms with Crippen molar-refractivity contribution in [2.45, 2.75) is 38.8 Å². The van der Waals surface area contributed by atoms with Gasteiger partial charge in [-0.15, -0.1) is 0 Å². The van der Waals surface area contributed by atoms with Crippen LogP contribution >= 0.6 is 0 Å². The van der Waals surface area contributed by atoms with Crippen molar-refractivity contribution < 1.29 is 0 Å². The number of aromatic nitrogens is 2. The molecule has 128 valence electrons. The van der Waals surface area contributed by atoms with Gasteiger partial charge in [0.1, 0.15) is 0 Å². The molecule has 1 saturated carbocycles. The van der Waals surface area contributed by atoms with Crippen molar-refractivity contribution in [1.82, 2.24) is 19.6 Å². The van der Waals surface area contributed by atoms with Crippen molar-refractivity contribution in [3.8, 4) is 0 Å². The zero-order valence-corrected chi connectivity index (χ0v) is 14.9. The molecule has 4 rings (SSSR count). The van der Waals surface area contributed by atoms with E-state index in [1.54, 1.807) is 0 Å². The van der Waals surface area contributed by atoms with E-state index in [0.29, 0.717) is 0 Å². The highest BCUT2D eigenvalue weighted by molar-refractivity contribution is 5.26. The molecule has 0 amide bonds. The Morgan fingerprint density at radius 2 is 1.58 bits per heavy atom. The Hall–Kier alpha value is -1.65. The van der Waals surface area contributed by atoms with Crippen molar-refractivity contribution in [1.29, 1.82) is 0 Å². The van der Waals surface area contributed by atoms with Crippen LogP contribution in [0.4, 0.5) is 0 Å². The molecule has 0 unspecified atom stereocenters. The number of piperazine rings is 1. The van der Waals surface area contributed by atoms with Crippen molar-refractivity contribution in [2.75, 3.05) is 26.2 Å². The summed E-state index contributed by atoms with van der Waals surface area (Å²) in [5.74, 6) is 0.773. The zero-order valence-electron chi connectivity index (χ0n) is 14.9. The fourth-order valence-corrected chi connectivity index (χ4v) is 3.87. The summed E-state index contributed by atoms with van der Waals surface area (Å²) >= 11 is 0. The molecular weight excluding hydrogens is 296 g/mol. The molecule has 2 fully saturated rings. The first-order valence-electron chi connectivity index (χ1n) is 9.20. The SMILES string of the molecule is Cc1ccccc1CN1CCN(Cc2cnn(C)c2C2CC2)CC1. The van der Waals surface area contributed by atoms with Gasteiger partial charge in [0.15, 0.2) is 0 Å². The number of nitrogens with zero attached hydrogens (tertiary/aromatic N) is 4. The van der Waals surface area contributed by atoms with Crippen LogP contribution in [0.3, 0.4) is 0 Å². The molecule has 0 N–H and O–H groups in total. The maximum absolute atomic E-state index is 4.50. The maximum Gasteiger partial charge on any atom is 0.0537 e. The van der Waals surface area contributed by atoms with Crippen molar-refractivity contribution in [3.05, 3.63) is 52.8 Å². The molecular formula is C20H28N4. The summed E-state index contributed by atoms with van der Waals surface area (Å²) in [5.41, 5.74) is 5.81. The predicted octanol–water partition coefficient (Wildman–Crippen LogP) is 2.92. The predicted molar refractivity (Wildman–Crippen MR) is 96.9 cm³/mol. The molecule has 1 aliphatic heterocycles. The first kappa shape index (κ1) is 15.9. The molecule has 1 saturated heterocycles. The Labute approximate surface area is 145 Å². The number of hydrogen-bond donors (Lipinski definition) is 0. The molecule has 4 nitrogen and oxygen atoms in total. The number of benzene rings is 1. The Bertz CT molecular complexity index is 693. The van der Waals surface area contributed by atoms with Gasteiger partial charge in [-0.3, -0.25) is 14.5 Å². The van der Waals surface area contributed by atoms with Gasteiger partial charge in [0.05, 0.1) is 6.20 Å². The lowest BCUT2D eigenvalue weighted by atomic mass is 10.1. The molecule has 1 aliphatic carbocycles. The van der Waals surface area contributed by atoms with E-state index in [2.05, 4.69) is 64.0 Å². The lowest BCUT2D eigenvalue weighted by molar-refractivity contribution is 0.121. The minimum absolute atomic E-state index is 0.773. The third-order valence-corrected chi connectivity index (χ3v) is 5.54. The fourth-order valence-electron chi connectivity index (χ4n) is 3.87. The number of hydrogen-bond acceptors (Lipinski definition) is 3. The first-order chi connectivity index (χ1) is 11.7. The fraction of sp³-hybridized carbons (Fsp3) is 0.550. The minimum Gasteiger partial charge on any atom is -0.297 e. The van der Waals surface area contributed by atoms with Gasteiger partial charge in [0, 0.05) is 63.5 Å². The van der Waals surface area contributed by atoms with Gasteiger partial charge in [0.2, 0.25) is 0 Å². The van der Waals surface area contributed by atoms with E-state index in [1.807, 2.05) is 0 Å². The van der Waals surface area contributed by atoms with E-state index in [4.69, 9.17) is 0 Å². The molecule has 0 atom stereocenters. The lowest BCUT2D eigenvalue weighted by Crippen LogP contribution is -2.45. The van der Waals surface area contributed by atoms with Gasteiger partial charge in [-0.1, -0.05) is 24.3 Å². The summed E-state index contributed by atoms with van der Waals surface area (Å²) in [7, 11) is 2.09. The smallest absolute Gasteiger partial charge is 0.0537 e. The van der Waals surface area contributed by atoms with E-state index >= 15 is 0 Å². The van der Waals surface area contributed by atoms with E-state index in [0.717, 1.165) is 45.2 Å². The molecule has 2 heterocycles. The van der Waals surface area contributed by atoms with Gasteiger partial charge in [-0.05, 0) is 30.9 Å². The average Bonchev–Trinajstić information content (AvgIpc) is 3.35. The molecule has 2 aliphatic rings. The average molecular weight is 324 g/mol. The molecule has 4 heteroatoms. The Kier molecular flexibility index (Phi) is 4.42. The van der Waals surface area contributed by atoms with Crippen LogP contribution in [0.15, 0.2) is 30.5 Å². The lowest BCUT2D eigenvalue weighted by Gasteiger charge is -2.35. The second kappa shape index (κ2) is 6.69. The van der Waals surface area contributed by atoms with Gasteiger partial charge in [0.25, 0.3) is 0 Å². The highest BCUT2D eigenvalue weighted by Crippen LogP contribution is 2.41. The largest absolute Gasteiger partial charge is 0.297 e. The second-order valence-electron chi connectivity index (χ2n) is 7.43. The van der Waals surface area contributed by atoms with Crippen LogP contribution in [0.2, 0.25) is 0 Å². The minimum atomic E-state index is 0.773. The van der Waals surface area contributed by atoms with Crippen LogP contribution in [0.25, 0.3) is 0 Å². The van der Waals surface area contributed by atoms with Crippen molar-refractivity contribution in [3.63, 3.8) is 0 Å². The highest BCUT2D eigenvalue weighted by Gasteiger charge is 2.30. The summed E-state index contributed by atoms with van der Waals surface area (Å²) in [5, 5.41) is 4.50. The molecule has 2 aromatic rings. The third-order valence-electron chi connectivity index (χ3n) is 5.54. The molecule has 1 aromatic carbocycles. The Morgan fingerprint density at radius 1 is 0.958 bits per heavy atom. The Morgan fingerprint density at radius 3 is 2.21 bits per heavy atom. The summed E-state index contributed by atoms with van der Waals surface area (Å²) in [6.07, 6.45) is 4.78. The standard InChI is InChI=1S/C20H28N4/c1-16-5-3-4-6-18(16)14-23-9-11-24(12-10-23)15-19-13-21-22(2)20(19)17-7-8-17/h3-6,13,17H,7-12,14-15H2,1-2H3. The maximum atomic E-state index is 4.50. The summed E-state index contributed by atoms with van der Waals surface area (Å²) in [6.45, 7) is 9.00. The van der Waals surface area contributed by atoms with Crippen molar-refractivity contribution >= 4 is 0 Å². The normalized spacial score (nSPS) is 19.8. The number of rotatable bonds is 5. The van der Waals surface area contributed by atoms with Gasteiger partial charge in [-0.25, -0.2) is 0 Å². The van der Waals surface area contributed by atoms with Crippen LogP contribution in [0, 0.1) is 6.92 Å². The zero-order chi connectivity index (χ0) is 16.5. The third kappa shape index (κ3) is 3.40. The second-order valence-corrected chi connectivity index (χ2v) is 7.43. The molecule has 0 radical (unpaired) electrons. The monoisotopic (exact) mass is 324 g/mol. The summed E-state index contributed by atoms with van der Waals surface area (Å²) in [6, 6.07) is 8.76. The molecule has 0 spiro atoms. The van der Waals surface area contributed by atoms with E-state index in [1.165, 1.54) is 35.2 Å². The topological polar surface area (TPSA) is 24.3 Å². The van der Waals surface area contributed by atoms with Gasteiger partial charge >= 0.3 is 0 Å². The van der Waals surface area contributed by atoms with E-state index in [-0.39, 0.29) is 0 Å². The summed E-state index contributed by atoms with van der Waals surface area (Å²) < 4.78 is 2.10. The summed E-state index contributed by atoms with van der Waals surface area (Å²) in [4.78, 5) is 5.18. The van der Waals surface area contributed by atoms with Crippen LogP contribution in [-0.2, 0) is 20.1 Å². The van der Waals surface area contributed by atoms with Gasteiger partial charge < -0.3 is 0 Å². The highest BCUT2D eigenvalue weighted by atomic mass is 15.3. The van der Waals surface area contributed by atoms with Gasteiger partial charge in [-0.2, -0.15) is 5.10 Å². The van der Waals surface area contributed by atoms with E-state index in [9.17, 15) is 0 Å². The first-order valence-corrected chi connectivity index (χ1v) is 9.20. The molecule has 0 bridgehead atoms. The number of aryl methyl sites for hydroxylation is 2. The quantitative estimate of drug-likeness (QED) is 0.845. The van der Waals surface area contributed by atoms with Crippen LogP contribution < -0.4 is 0 Å². The Balaban J connectivity index is 1.33. The van der Waals surface area contributed by atoms with E-state index < -0.39 is 0 Å². The molecule has 1 aromatic heterocycles.